The molecule has 0 spiro atoms. The molecule has 8 heteroatoms. The van der Waals surface area contributed by atoms with E-state index in [0.717, 1.165) is 0 Å². The molecule has 15 heavy (non-hydrogen) atoms. The van der Waals surface area contributed by atoms with Gasteiger partial charge in [-0.2, -0.15) is 17.2 Å². The summed E-state index contributed by atoms with van der Waals surface area (Å²) >= 11 is 0.345. The fourth-order valence-corrected chi connectivity index (χ4v) is 1.83. The Labute approximate surface area is 88.9 Å². The topological polar surface area (TPSA) is 47.3 Å². The van der Waals surface area contributed by atoms with Crippen LogP contribution in [0.4, 0.5) is 12.7 Å². The molecule has 0 aliphatic carbocycles. The summed E-state index contributed by atoms with van der Waals surface area (Å²) in [6, 6.07) is 2.59. The van der Waals surface area contributed by atoms with Gasteiger partial charge < -0.3 is 4.42 Å². The highest BCUT2D eigenvalue weighted by Crippen LogP contribution is 2.21. The van der Waals surface area contributed by atoms with E-state index in [1.807, 2.05) is 0 Å². The van der Waals surface area contributed by atoms with E-state index in [0.29, 0.717) is 11.8 Å². The maximum Gasteiger partial charge on any atom is 0.309 e. The second-order valence-electron chi connectivity index (χ2n) is 2.62. The summed E-state index contributed by atoms with van der Waals surface area (Å²) in [6.45, 7) is 0. The van der Waals surface area contributed by atoms with Gasteiger partial charge in [0.05, 0.1) is 5.75 Å². The van der Waals surface area contributed by atoms with Crippen LogP contribution in [-0.4, -0.2) is 14.2 Å². The van der Waals surface area contributed by atoms with Crippen LogP contribution in [0.2, 0.25) is 0 Å². The van der Waals surface area contributed by atoms with Crippen LogP contribution in [0, 0.1) is 0 Å². The van der Waals surface area contributed by atoms with Crippen molar-refractivity contribution < 1.29 is 25.5 Å². The van der Waals surface area contributed by atoms with Crippen molar-refractivity contribution >= 4 is 22.0 Å². The zero-order valence-corrected chi connectivity index (χ0v) is 8.95. The second kappa shape index (κ2) is 4.93. The van der Waals surface area contributed by atoms with Crippen molar-refractivity contribution in [2.24, 2.45) is 0 Å². The molecule has 86 valence electrons. The molecule has 0 unspecified atom stereocenters. The Morgan fingerprint density at radius 1 is 1.33 bits per heavy atom. The third-order valence-corrected chi connectivity index (χ3v) is 2.72. The van der Waals surface area contributed by atoms with Gasteiger partial charge in [-0.1, -0.05) is 11.8 Å². The normalized spacial score (nSPS) is 12.3. The number of thioether (sulfide) groups is 1. The lowest BCUT2D eigenvalue weighted by atomic mass is 10.5. The average Bonchev–Trinajstić information content (AvgIpc) is 2.45. The molecule has 0 atom stereocenters. The van der Waals surface area contributed by atoms with Gasteiger partial charge in [-0.3, -0.25) is 0 Å². The van der Waals surface area contributed by atoms with Crippen LogP contribution in [0.25, 0.3) is 0 Å². The lowest BCUT2D eigenvalue weighted by molar-refractivity contribution is 0.251. The zero-order chi connectivity index (χ0) is 11.5. The minimum Gasteiger partial charge on any atom is -0.464 e. The number of hydrogen-bond donors (Lipinski definition) is 0. The number of halogens is 3. The zero-order valence-electron chi connectivity index (χ0n) is 7.32. The molecular formula is C7H7F3O3S2. The highest BCUT2D eigenvalue weighted by Gasteiger charge is 2.13. The van der Waals surface area contributed by atoms with Gasteiger partial charge in [0.25, 0.3) is 5.76 Å². The van der Waals surface area contributed by atoms with E-state index in [1.54, 1.807) is 0 Å². The van der Waals surface area contributed by atoms with E-state index in [1.165, 1.54) is 12.1 Å². The lowest BCUT2D eigenvalue weighted by Crippen LogP contribution is -1.93. The molecule has 0 radical (unpaired) electrons. The van der Waals surface area contributed by atoms with Gasteiger partial charge in [0, 0.05) is 0 Å². The number of alkyl halides is 2. The molecule has 1 aromatic heterocycles. The predicted molar refractivity (Wildman–Crippen MR) is 49.7 cm³/mol. The smallest absolute Gasteiger partial charge is 0.309 e. The first-order chi connectivity index (χ1) is 6.87. The van der Waals surface area contributed by atoms with Crippen molar-refractivity contribution in [3.8, 4) is 0 Å². The lowest BCUT2D eigenvalue weighted by Gasteiger charge is -1.96. The summed E-state index contributed by atoms with van der Waals surface area (Å²) < 4.78 is 61.0. The number of hydrogen-bond acceptors (Lipinski definition) is 4. The first-order valence-corrected chi connectivity index (χ1v) is 6.36. The first-order valence-electron chi connectivity index (χ1n) is 3.76. The molecule has 0 saturated heterocycles. The summed E-state index contributed by atoms with van der Waals surface area (Å²) in [6.07, 6.45) is 0. The van der Waals surface area contributed by atoms with E-state index >= 15 is 0 Å². The van der Waals surface area contributed by atoms with Crippen LogP contribution in [0.5, 0.6) is 0 Å². The van der Waals surface area contributed by atoms with Gasteiger partial charge in [-0.05, 0) is 12.1 Å². The molecule has 1 aromatic rings. The van der Waals surface area contributed by atoms with Gasteiger partial charge in [-0.25, -0.2) is 0 Å². The van der Waals surface area contributed by atoms with Crippen LogP contribution >= 0.6 is 11.8 Å². The van der Waals surface area contributed by atoms with Crippen LogP contribution in [-0.2, 0) is 21.7 Å². The fraction of sp³-hybridized carbons (Fsp3) is 0.429. The minimum absolute atomic E-state index is 0.0794. The van der Waals surface area contributed by atoms with Crippen LogP contribution in [0.1, 0.15) is 11.5 Å². The minimum atomic E-state index is -4.64. The maximum absolute atomic E-state index is 12.2. The maximum atomic E-state index is 12.2. The first kappa shape index (κ1) is 12.4. The predicted octanol–water partition coefficient (Wildman–Crippen LogP) is 2.53. The van der Waals surface area contributed by atoms with Crippen LogP contribution < -0.4 is 0 Å². The molecule has 0 fully saturated rings. The largest absolute Gasteiger partial charge is 0.464 e. The Balaban J connectivity index is 2.57. The second-order valence-corrected chi connectivity index (χ2v) is 4.97. The van der Waals surface area contributed by atoms with Gasteiger partial charge in [0.1, 0.15) is 17.3 Å². The molecule has 0 aromatic carbocycles. The number of furan rings is 1. The highest BCUT2D eigenvalue weighted by molar-refractivity contribution is 7.98. The molecular weight excluding hydrogens is 253 g/mol. The van der Waals surface area contributed by atoms with Crippen molar-refractivity contribution in [2.75, 3.05) is 0 Å². The molecule has 0 N–H and O–H groups in total. The molecule has 3 nitrogen and oxygen atoms in total. The summed E-state index contributed by atoms with van der Waals surface area (Å²) in [5.41, 5.74) is 0. The molecule has 0 aliphatic rings. The molecule has 1 rings (SSSR count). The fourth-order valence-electron chi connectivity index (χ4n) is 0.893. The van der Waals surface area contributed by atoms with Crippen molar-refractivity contribution in [1.29, 1.82) is 0 Å². The van der Waals surface area contributed by atoms with E-state index < -0.39 is 21.7 Å². The van der Waals surface area contributed by atoms with Gasteiger partial charge >= 0.3 is 10.2 Å². The Kier molecular flexibility index (Phi) is 4.09. The van der Waals surface area contributed by atoms with Gasteiger partial charge in [0.2, 0.25) is 0 Å². The van der Waals surface area contributed by atoms with E-state index in [9.17, 15) is 21.1 Å². The molecule has 1 heterocycles. The van der Waals surface area contributed by atoms with Crippen molar-refractivity contribution in [1.82, 2.24) is 0 Å². The highest BCUT2D eigenvalue weighted by atomic mass is 32.3. The summed E-state index contributed by atoms with van der Waals surface area (Å²) in [4.78, 5) is 0. The molecule has 0 amide bonds. The quantitative estimate of drug-likeness (QED) is 0.763. The van der Waals surface area contributed by atoms with Crippen molar-refractivity contribution in [3.05, 3.63) is 23.7 Å². The van der Waals surface area contributed by atoms with E-state index in [2.05, 4.69) is 0 Å². The summed E-state index contributed by atoms with van der Waals surface area (Å²) in [5, 5.41) is 0. The van der Waals surface area contributed by atoms with E-state index in [-0.39, 0.29) is 17.3 Å². The third kappa shape index (κ3) is 5.12. The van der Waals surface area contributed by atoms with Crippen LogP contribution in [0.3, 0.4) is 0 Å². The van der Waals surface area contributed by atoms with Crippen LogP contribution in [0.15, 0.2) is 16.5 Å². The van der Waals surface area contributed by atoms with Gasteiger partial charge in [-0.15, -0.1) is 3.89 Å². The Morgan fingerprint density at radius 3 is 2.47 bits per heavy atom. The molecule has 0 saturated carbocycles. The number of rotatable bonds is 5. The Bertz CT molecular complexity index is 413. The SMILES string of the molecule is O=S(=O)(F)Cc1ccc(CSC(F)F)o1. The summed E-state index contributed by atoms with van der Waals surface area (Å²) in [5.74, 6) is -3.37. The van der Waals surface area contributed by atoms with Crippen molar-refractivity contribution in [3.63, 3.8) is 0 Å². The average molecular weight is 260 g/mol. The Hall–Kier alpha value is -0.630. The third-order valence-electron chi connectivity index (χ3n) is 1.38. The molecule has 0 aliphatic heterocycles. The summed E-state index contributed by atoms with van der Waals surface area (Å²) in [7, 11) is -4.64. The molecule has 0 bridgehead atoms. The monoisotopic (exact) mass is 260 g/mol. The standard InChI is InChI=1S/C7H7F3O3S2/c8-7(9)14-3-5-1-2-6(13-5)4-15(10,11)12/h1-2,7H,3-4H2. The van der Waals surface area contributed by atoms with E-state index in [4.69, 9.17) is 4.42 Å². The van der Waals surface area contributed by atoms with Crippen molar-refractivity contribution in [2.45, 2.75) is 17.3 Å². The van der Waals surface area contributed by atoms with Gasteiger partial charge in [0.15, 0.2) is 0 Å². The Morgan fingerprint density at radius 2 is 1.93 bits per heavy atom.